The molecular weight excluding hydrogens is 338 g/mol. The van der Waals surface area contributed by atoms with Gasteiger partial charge in [-0.3, -0.25) is 4.90 Å². The van der Waals surface area contributed by atoms with E-state index in [4.69, 9.17) is 9.40 Å². The number of rotatable bonds is 4. The van der Waals surface area contributed by atoms with E-state index in [1.54, 1.807) is 0 Å². The smallest absolute Gasteiger partial charge is 0.247 e. The molecule has 6 heteroatoms. The molecule has 0 atom stereocenters. The maximum atomic E-state index is 5.82. The fourth-order valence-electron chi connectivity index (χ4n) is 3.26. The first-order valence-corrected chi connectivity index (χ1v) is 8.85. The standard InChI is InChI=1S/C21H17N5O/c1-3-7-15(8-4-1)20-22-11-17-12-26(13-18(17)23-20)14-19-24-25-21(27-19)16-9-5-2-6-10-16/h1-11H,12-14H2. The minimum atomic E-state index is 0.550. The molecule has 1 aliphatic rings. The molecule has 0 unspecified atom stereocenters. The van der Waals surface area contributed by atoms with E-state index in [-0.39, 0.29) is 0 Å². The highest BCUT2D eigenvalue weighted by Gasteiger charge is 2.23. The second-order valence-corrected chi connectivity index (χ2v) is 6.54. The lowest BCUT2D eigenvalue weighted by molar-refractivity contribution is 0.245. The van der Waals surface area contributed by atoms with E-state index in [9.17, 15) is 0 Å². The van der Waals surface area contributed by atoms with Crippen LogP contribution in [-0.4, -0.2) is 25.1 Å². The molecule has 0 saturated carbocycles. The van der Waals surface area contributed by atoms with Crippen LogP contribution in [0.15, 0.2) is 71.3 Å². The fourth-order valence-corrected chi connectivity index (χ4v) is 3.26. The summed E-state index contributed by atoms with van der Waals surface area (Å²) in [5, 5.41) is 8.35. The van der Waals surface area contributed by atoms with Gasteiger partial charge in [-0.25, -0.2) is 9.97 Å². The van der Waals surface area contributed by atoms with E-state index in [1.807, 2.05) is 66.9 Å². The van der Waals surface area contributed by atoms with Crippen molar-refractivity contribution in [3.8, 4) is 22.8 Å². The second-order valence-electron chi connectivity index (χ2n) is 6.54. The highest BCUT2D eigenvalue weighted by molar-refractivity contribution is 5.55. The van der Waals surface area contributed by atoms with Crippen molar-refractivity contribution in [1.82, 2.24) is 25.1 Å². The van der Waals surface area contributed by atoms with Crippen molar-refractivity contribution in [3.63, 3.8) is 0 Å². The molecule has 0 fully saturated rings. The van der Waals surface area contributed by atoms with Gasteiger partial charge in [0.05, 0.1) is 12.2 Å². The molecule has 0 N–H and O–H groups in total. The van der Waals surface area contributed by atoms with E-state index in [2.05, 4.69) is 20.1 Å². The molecule has 0 amide bonds. The molecule has 4 aromatic rings. The minimum absolute atomic E-state index is 0.550. The molecule has 27 heavy (non-hydrogen) atoms. The zero-order valence-electron chi connectivity index (χ0n) is 14.6. The minimum Gasteiger partial charge on any atom is -0.419 e. The van der Waals surface area contributed by atoms with Crippen molar-refractivity contribution in [2.24, 2.45) is 0 Å². The number of benzene rings is 2. The number of hydrogen-bond donors (Lipinski definition) is 0. The number of fused-ring (bicyclic) bond motifs is 1. The van der Waals surface area contributed by atoms with E-state index in [0.717, 1.165) is 41.3 Å². The van der Waals surface area contributed by atoms with Gasteiger partial charge in [0, 0.05) is 36.0 Å². The van der Waals surface area contributed by atoms with Crippen molar-refractivity contribution in [2.45, 2.75) is 19.6 Å². The monoisotopic (exact) mass is 355 g/mol. The average Bonchev–Trinajstić information content (AvgIpc) is 3.35. The van der Waals surface area contributed by atoms with Crippen LogP contribution in [0.5, 0.6) is 0 Å². The third-order valence-electron chi connectivity index (χ3n) is 4.60. The Morgan fingerprint density at radius 3 is 2.37 bits per heavy atom. The molecule has 6 nitrogen and oxygen atoms in total. The van der Waals surface area contributed by atoms with Crippen LogP contribution in [0.2, 0.25) is 0 Å². The van der Waals surface area contributed by atoms with E-state index in [1.165, 1.54) is 0 Å². The largest absolute Gasteiger partial charge is 0.419 e. The van der Waals surface area contributed by atoms with Crippen LogP contribution in [0.25, 0.3) is 22.8 Å². The molecule has 5 rings (SSSR count). The SMILES string of the molecule is c1ccc(-c2ncc3c(n2)CN(Cc2nnc(-c4ccccc4)o2)C3)cc1. The Morgan fingerprint density at radius 1 is 0.852 bits per heavy atom. The molecule has 0 aliphatic carbocycles. The average molecular weight is 355 g/mol. The molecule has 0 spiro atoms. The zero-order chi connectivity index (χ0) is 18.1. The summed E-state index contributed by atoms with van der Waals surface area (Å²) in [5.41, 5.74) is 4.17. The summed E-state index contributed by atoms with van der Waals surface area (Å²) in [7, 11) is 0. The summed E-state index contributed by atoms with van der Waals surface area (Å²) in [6, 6.07) is 19.8. The van der Waals surface area contributed by atoms with Crippen LogP contribution >= 0.6 is 0 Å². The highest BCUT2D eigenvalue weighted by atomic mass is 16.4. The normalized spacial score (nSPS) is 13.6. The van der Waals surface area contributed by atoms with Crippen molar-refractivity contribution < 1.29 is 4.42 Å². The van der Waals surface area contributed by atoms with Gasteiger partial charge in [0.2, 0.25) is 11.8 Å². The van der Waals surface area contributed by atoms with Crippen LogP contribution in [0.3, 0.4) is 0 Å². The first-order chi connectivity index (χ1) is 13.3. The predicted octanol–water partition coefficient (Wildman–Crippen LogP) is 3.71. The Morgan fingerprint density at radius 2 is 1.59 bits per heavy atom. The zero-order valence-corrected chi connectivity index (χ0v) is 14.6. The van der Waals surface area contributed by atoms with Gasteiger partial charge in [-0.15, -0.1) is 10.2 Å². The first kappa shape index (κ1) is 15.8. The van der Waals surface area contributed by atoms with Crippen molar-refractivity contribution in [1.29, 1.82) is 0 Å². The van der Waals surface area contributed by atoms with E-state index >= 15 is 0 Å². The Kier molecular flexibility index (Phi) is 3.95. The Hall–Kier alpha value is -3.38. The van der Waals surface area contributed by atoms with Gasteiger partial charge in [-0.05, 0) is 12.1 Å². The Balaban J connectivity index is 1.31. The summed E-state index contributed by atoms with van der Waals surface area (Å²) in [5.74, 6) is 1.92. The van der Waals surface area contributed by atoms with Crippen LogP contribution in [-0.2, 0) is 19.6 Å². The summed E-state index contributed by atoms with van der Waals surface area (Å²) < 4.78 is 5.82. The third kappa shape index (κ3) is 3.22. The summed E-state index contributed by atoms with van der Waals surface area (Å²) in [6.07, 6.45) is 1.92. The van der Waals surface area contributed by atoms with E-state index in [0.29, 0.717) is 18.3 Å². The lowest BCUT2D eigenvalue weighted by Gasteiger charge is -2.10. The van der Waals surface area contributed by atoms with Crippen molar-refractivity contribution in [3.05, 3.63) is 84.0 Å². The molecule has 2 aromatic heterocycles. The lowest BCUT2D eigenvalue weighted by atomic mass is 10.2. The van der Waals surface area contributed by atoms with Crippen molar-refractivity contribution in [2.75, 3.05) is 0 Å². The molecule has 2 aromatic carbocycles. The summed E-state index contributed by atoms with van der Waals surface area (Å²) in [6.45, 7) is 2.13. The molecular formula is C21H17N5O. The molecule has 0 bridgehead atoms. The van der Waals surface area contributed by atoms with Crippen LogP contribution in [0.1, 0.15) is 17.1 Å². The third-order valence-corrected chi connectivity index (χ3v) is 4.60. The maximum absolute atomic E-state index is 5.82. The lowest BCUT2D eigenvalue weighted by Crippen LogP contribution is -2.16. The first-order valence-electron chi connectivity index (χ1n) is 8.85. The van der Waals surface area contributed by atoms with Gasteiger partial charge in [0.25, 0.3) is 0 Å². The number of nitrogens with zero attached hydrogens (tertiary/aromatic N) is 5. The fraction of sp³-hybridized carbons (Fsp3) is 0.143. The second kappa shape index (κ2) is 6.74. The van der Waals surface area contributed by atoms with Crippen LogP contribution in [0.4, 0.5) is 0 Å². The van der Waals surface area contributed by atoms with Gasteiger partial charge in [-0.2, -0.15) is 0 Å². The van der Waals surface area contributed by atoms with Gasteiger partial charge >= 0.3 is 0 Å². The van der Waals surface area contributed by atoms with Gasteiger partial charge in [0.15, 0.2) is 5.82 Å². The van der Waals surface area contributed by atoms with Crippen molar-refractivity contribution >= 4 is 0 Å². The Labute approximate surface area is 156 Å². The topological polar surface area (TPSA) is 67.9 Å². The Bertz CT molecular complexity index is 1060. The highest BCUT2D eigenvalue weighted by Crippen LogP contribution is 2.25. The van der Waals surface area contributed by atoms with Crippen LogP contribution < -0.4 is 0 Å². The maximum Gasteiger partial charge on any atom is 0.247 e. The molecule has 1 aliphatic heterocycles. The molecule has 132 valence electrons. The number of hydrogen-bond acceptors (Lipinski definition) is 6. The van der Waals surface area contributed by atoms with Gasteiger partial charge in [0.1, 0.15) is 0 Å². The van der Waals surface area contributed by atoms with Gasteiger partial charge < -0.3 is 4.42 Å². The summed E-state index contributed by atoms with van der Waals surface area (Å²) in [4.78, 5) is 11.5. The predicted molar refractivity (Wildman–Crippen MR) is 100 cm³/mol. The quantitative estimate of drug-likeness (QED) is 0.556. The van der Waals surface area contributed by atoms with E-state index < -0.39 is 0 Å². The molecule has 0 saturated heterocycles. The summed E-state index contributed by atoms with van der Waals surface area (Å²) >= 11 is 0. The van der Waals surface area contributed by atoms with Crippen LogP contribution in [0, 0.1) is 0 Å². The van der Waals surface area contributed by atoms with Gasteiger partial charge in [-0.1, -0.05) is 48.5 Å². The number of aromatic nitrogens is 4. The molecule has 3 heterocycles. The molecule has 0 radical (unpaired) electrons.